The van der Waals surface area contributed by atoms with Crippen molar-refractivity contribution >= 4 is 25.8 Å². The van der Waals surface area contributed by atoms with Gasteiger partial charge < -0.3 is 0 Å². The lowest BCUT2D eigenvalue weighted by Crippen LogP contribution is -2.41. The molecule has 0 spiro atoms. The molecule has 0 N–H and O–H groups in total. The summed E-state index contributed by atoms with van der Waals surface area (Å²) in [5.74, 6) is 0. The highest BCUT2D eigenvalue weighted by atomic mass is 79.9. The molecule has 1 saturated carbocycles. The lowest BCUT2D eigenvalue weighted by molar-refractivity contribution is 0.403. The van der Waals surface area contributed by atoms with Gasteiger partial charge in [-0.05, 0) is 12.8 Å². The molecule has 1 aliphatic carbocycles. The molecular formula is C8H15BrO2S. The first-order valence-corrected chi connectivity index (χ1v) is 7.29. The van der Waals surface area contributed by atoms with E-state index in [9.17, 15) is 8.42 Å². The lowest BCUT2D eigenvalue weighted by atomic mass is 9.90. The van der Waals surface area contributed by atoms with Crippen molar-refractivity contribution in [2.45, 2.75) is 36.9 Å². The average Bonchev–Trinajstić information content (AvgIpc) is 2.04. The van der Waals surface area contributed by atoms with Crippen molar-refractivity contribution in [2.24, 2.45) is 0 Å². The monoisotopic (exact) mass is 254 g/mol. The zero-order valence-electron chi connectivity index (χ0n) is 7.35. The molecule has 12 heavy (non-hydrogen) atoms. The third-order valence-electron chi connectivity index (χ3n) is 2.79. The predicted molar refractivity (Wildman–Crippen MR) is 54.5 cm³/mol. The average molecular weight is 255 g/mol. The molecule has 4 heteroatoms. The third kappa shape index (κ3) is 1.84. The highest BCUT2D eigenvalue weighted by molar-refractivity contribution is 9.09. The van der Waals surface area contributed by atoms with Crippen molar-refractivity contribution in [1.82, 2.24) is 0 Å². The third-order valence-corrected chi connectivity index (χ3v) is 6.37. The Labute approximate surface area is 82.8 Å². The number of rotatable bonds is 2. The Kier molecular flexibility index (Phi) is 3.21. The summed E-state index contributed by atoms with van der Waals surface area (Å²) in [6, 6.07) is 0. The largest absolute Gasteiger partial charge is 0.229 e. The summed E-state index contributed by atoms with van der Waals surface area (Å²) in [5, 5.41) is 0.596. The van der Waals surface area contributed by atoms with Crippen molar-refractivity contribution in [3.8, 4) is 0 Å². The number of hydrogen-bond donors (Lipinski definition) is 0. The smallest absolute Gasteiger partial charge is 0.153 e. The van der Waals surface area contributed by atoms with Gasteiger partial charge in [0.05, 0.1) is 4.75 Å². The lowest BCUT2D eigenvalue weighted by Gasteiger charge is -2.33. The second-order valence-corrected chi connectivity index (χ2v) is 6.62. The molecule has 0 unspecified atom stereocenters. The van der Waals surface area contributed by atoms with Gasteiger partial charge in [-0.15, -0.1) is 0 Å². The van der Waals surface area contributed by atoms with E-state index in [1.54, 1.807) is 0 Å². The van der Waals surface area contributed by atoms with E-state index in [0.717, 1.165) is 25.7 Å². The molecule has 0 radical (unpaired) electrons. The van der Waals surface area contributed by atoms with E-state index in [4.69, 9.17) is 0 Å². The van der Waals surface area contributed by atoms with E-state index in [0.29, 0.717) is 5.33 Å². The van der Waals surface area contributed by atoms with E-state index in [1.807, 2.05) is 0 Å². The van der Waals surface area contributed by atoms with Crippen molar-refractivity contribution in [3.05, 3.63) is 0 Å². The fraction of sp³-hybridized carbons (Fsp3) is 1.00. The quantitative estimate of drug-likeness (QED) is 0.708. The molecule has 0 heterocycles. The highest BCUT2D eigenvalue weighted by Gasteiger charge is 2.40. The molecule has 0 aromatic carbocycles. The van der Waals surface area contributed by atoms with E-state index < -0.39 is 14.6 Å². The van der Waals surface area contributed by atoms with Gasteiger partial charge in [-0.25, -0.2) is 8.42 Å². The van der Waals surface area contributed by atoms with Gasteiger partial charge in [0, 0.05) is 11.6 Å². The summed E-state index contributed by atoms with van der Waals surface area (Å²) in [5.41, 5.74) is 0. The minimum atomic E-state index is -2.88. The van der Waals surface area contributed by atoms with Crippen LogP contribution in [-0.4, -0.2) is 24.8 Å². The molecule has 1 fully saturated rings. The van der Waals surface area contributed by atoms with Gasteiger partial charge in [-0.2, -0.15) is 0 Å². The van der Waals surface area contributed by atoms with Gasteiger partial charge in [-0.1, -0.05) is 35.2 Å². The Hall–Kier alpha value is 0.430. The van der Waals surface area contributed by atoms with Crippen LogP contribution in [0.25, 0.3) is 0 Å². The summed E-state index contributed by atoms with van der Waals surface area (Å²) in [6.45, 7) is 0. The van der Waals surface area contributed by atoms with Crippen LogP contribution >= 0.6 is 15.9 Å². The fourth-order valence-electron chi connectivity index (χ4n) is 1.80. The van der Waals surface area contributed by atoms with Crippen molar-refractivity contribution in [2.75, 3.05) is 11.6 Å². The molecule has 0 amide bonds. The van der Waals surface area contributed by atoms with Crippen molar-refractivity contribution < 1.29 is 8.42 Å². The number of sulfone groups is 1. The van der Waals surface area contributed by atoms with Crippen LogP contribution in [0.15, 0.2) is 0 Å². The van der Waals surface area contributed by atoms with Crippen LogP contribution in [0.1, 0.15) is 32.1 Å². The molecule has 1 rings (SSSR count). The van der Waals surface area contributed by atoms with Gasteiger partial charge in [0.2, 0.25) is 0 Å². The van der Waals surface area contributed by atoms with Crippen LogP contribution in [-0.2, 0) is 9.84 Å². The summed E-state index contributed by atoms with van der Waals surface area (Å²) in [7, 11) is -2.88. The number of hydrogen-bond acceptors (Lipinski definition) is 2. The molecular weight excluding hydrogens is 240 g/mol. The Balaban J connectivity index is 2.88. The maximum Gasteiger partial charge on any atom is 0.153 e. The molecule has 0 saturated heterocycles. The van der Waals surface area contributed by atoms with Crippen LogP contribution in [0.2, 0.25) is 0 Å². The van der Waals surface area contributed by atoms with E-state index >= 15 is 0 Å². The van der Waals surface area contributed by atoms with Crippen LogP contribution in [0.5, 0.6) is 0 Å². The van der Waals surface area contributed by atoms with Crippen LogP contribution in [0.4, 0.5) is 0 Å². The van der Waals surface area contributed by atoms with Crippen LogP contribution in [0.3, 0.4) is 0 Å². The summed E-state index contributed by atoms with van der Waals surface area (Å²) < 4.78 is 22.6. The topological polar surface area (TPSA) is 34.1 Å². The Morgan fingerprint density at radius 3 is 2.00 bits per heavy atom. The van der Waals surface area contributed by atoms with E-state index in [-0.39, 0.29) is 0 Å². The SMILES string of the molecule is CS(=O)(=O)C1(CBr)CCCCC1. The Morgan fingerprint density at radius 1 is 1.25 bits per heavy atom. The van der Waals surface area contributed by atoms with Crippen molar-refractivity contribution in [1.29, 1.82) is 0 Å². The summed E-state index contributed by atoms with van der Waals surface area (Å²) >= 11 is 3.32. The molecule has 1 aliphatic rings. The van der Waals surface area contributed by atoms with E-state index in [2.05, 4.69) is 15.9 Å². The molecule has 0 aromatic heterocycles. The fourth-order valence-corrected chi connectivity index (χ4v) is 4.84. The normalized spacial score (nSPS) is 23.8. The first-order chi connectivity index (χ1) is 5.52. The van der Waals surface area contributed by atoms with Crippen molar-refractivity contribution in [3.63, 3.8) is 0 Å². The van der Waals surface area contributed by atoms with Gasteiger partial charge in [0.1, 0.15) is 0 Å². The molecule has 2 nitrogen and oxygen atoms in total. The highest BCUT2D eigenvalue weighted by Crippen LogP contribution is 2.36. The summed E-state index contributed by atoms with van der Waals surface area (Å²) in [4.78, 5) is 0. The second kappa shape index (κ2) is 3.66. The number of halogens is 1. The zero-order chi connectivity index (χ0) is 9.24. The van der Waals surface area contributed by atoms with Gasteiger partial charge >= 0.3 is 0 Å². The molecule has 0 aromatic rings. The number of alkyl halides is 1. The maximum absolute atomic E-state index is 11.5. The minimum absolute atomic E-state index is 0.453. The summed E-state index contributed by atoms with van der Waals surface area (Å²) in [6.07, 6.45) is 6.31. The van der Waals surface area contributed by atoms with Crippen LogP contribution in [0, 0.1) is 0 Å². The zero-order valence-corrected chi connectivity index (χ0v) is 9.75. The second-order valence-electron chi connectivity index (χ2n) is 3.65. The van der Waals surface area contributed by atoms with E-state index in [1.165, 1.54) is 12.7 Å². The standard InChI is InChI=1S/C8H15BrO2S/c1-12(10,11)8(7-9)5-3-2-4-6-8/h2-7H2,1H3. The van der Waals surface area contributed by atoms with Gasteiger partial charge in [-0.3, -0.25) is 0 Å². The Morgan fingerprint density at radius 2 is 1.75 bits per heavy atom. The minimum Gasteiger partial charge on any atom is -0.229 e. The first kappa shape index (κ1) is 10.5. The molecule has 0 bridgehead atoms. The maximum atomic E-state index is 11.5. The molecule has 0 atom stereocenters. The van der Waals surface area contributed by atoms with Crippen LogP contribution < -0.4 is 0 Å². The molecule has 72 valence electrons. The molecule has 0 aliphatic heterocycles. The van der Waals surface area contributed by atoms with Gasteiger partial charge in [0.25, 0.3) is 0 Å². The predicted octanol–water partition coefficient (Wildman–Crippen LogP) is 2.13. The van der Waals surface area contributed by atoms with Gasteiger partial charge in [0.15, 0.2) is 9.84 Å². The Bertz CT molecular complexity index is 240. The first-order valence-electron chi connectivity index (χ1n) is 4.27.